The summed E-state index contributed by atoms with van der Waals surface area (Å²) in [5, 5.41) is 2.89. The first kappa shape index (κ1) is 20.6. The summed E-state index contributed by atoms with van der Waals surface area (Å²) in [6.45, 7) is 10.6. The quantitative estimate of drug-likeness (QED) is 0.888. The van der Waals surface area contributed by atoms with Crippen LogP contribution >= 0.6 is 36.2 Å². The number of carbonyl (C=O) groups excluding carboxylic acids is 1. The van der Waals surface area contributed by atoms with Gasteiger partial charge in [-0.15, -0.1) is 36.2 Å². The fraction of sp³-hybridized carbons (Fsp3) is 0.714. The highest BCUT2D eigenvalue weighted by molar-refractivity contribution is 7.10. The molecule has 2 N–H and O–H groups in total. The summed E-state index contributed by atoms with van der Waals surface area (Å²) in [6.07, 6.45) is 0.978. The van der Waals surface area contributed by atoms with Crippen molar-refractivity contribution in [2.45, 2.75) is 39.5 Å². The largest absolute Gasteiger partial charge is 0.337 e. The van der Waals surface area contributed by atoms with Crippen LogP contribution in [-0.2, 0) is 5.41 Å². The minimum Gasteiger partial charge on any atom is -0.337 e. The lowest BCUT2D eigenvalue weighted by molar-refractivity contribution is 0.0771. The second-order valence-corrected chi connectivity index (χ2v) is 7.64. The second-order valence-electron chi connectivity index (χ2n) is 6.78. The third kappa shape index (κ3) is 4.55. The minimum absolute atomic E-state index is 0. The van der Waals surface area contributed by atoms with Crippen molar-refractivity contribution in [3.63, 3.8) is 0 Å². The summed E-state index contributed by atoms with van der Waals surface area (Å²) in [7, 11) is 0. The zero-order valence-corrected chi connectivity index (χ0v) is 15.5. The maximum absolute atomic E-state index is 12.4. The highest BCUT2D eigenvalue weighted by Gasteiger charge is 2.36. The predicted molar refractivity (Wildman–Crippen MR) is 93.0 cm³/mol. The molecule has 1 saturated heterocycles. The van der Waals surface area contributed by atoms with E-state index in [2.05, 4.69) is 32.7 Å². The van der Waals surface area contributed by atoms with Gasteiger partial charge in [-0.1, -0.05) is 27.7 Å². The molecule has 1 aliphatic heterocycles. The molecular weight excluding hydrogens is 329 g/mol. The Morgan fingerprint density at radius 1 is 1.48 bits per heavy atom. The monoisotopic (exact) mass is 353 g/mol. The Balaban J connectivity index is 0.00000200. The number of amides is 1. The van der Waals surface area contributed by atoms with Crippen LogP contribution in [0.15, 0.2) is 5.38 Å². The molecule has 1 aliphatic rings. The van der Waals surface area contributed by atoms with Gasteiger partial charge in [0.15, 0.2) is 0 Å². The van der Waals surface area contributed by atoms with Gasteiger partial charge in [0.1, 0.15) is 5.69 Å². The third-order valence-electron chi connectivity index (χ3n) is 3.70. The van der Waals surface area contributed by atoms with Crippen molar-refractivity contribution >= 4 is 42.1 Å². The van der Waals surface area contributed by atoms with Crippen molar-refractivity contribution in [3.05, 3.63) is 16.1 Å². The lowest BCUT2D eigenvalue weighted by atomic mass is 9.90. The summed E-state index contributed by atoms with van der Waals surface area (Å²) in [5.41, 5.74) is 6.43. The first-order chi connectivity index (χ1) is 8.75. The van der Waals surface area contributed by atoms with Gasteiger partial charge in [0.25, 0.3) is 5.91 Å². The Hall–Kier alpha value is -0.360. The van der Waals surface area contributed by atoms with Gasteiger partial charge in [-0.3, -0.25) is 4.79 Å². The number of nitrogens with two attached hydrogens (primary N) is 1. The Bertz CT molecular complexity index is 487. The Morgan fingerprint density at radius 2 is 2.10 bits per heavy atom. The molecule has 0 bridgehead atoms. The summed E-state index contributed by atoms with van der Waals surface area (Å²) >= 11 is 1.57. The van der Waals surface area contributed by atoms with Gasteiger partial charge >= 0.3 is 0 Å². The van der Waals surface area contributed by atoms with Gasteiger partial charge in [-0.05, 0) is 18.4 Å². The normalized spacial score (nSPS) is 21.7. The van der Waals surface area contributed by atoms with E-state index in [1.807, 2.05) is 10.3 Å². The number of nitrogens with zero attached hydrogens (tertiary/aromatic N) is 2. The summed E-state index contributed by atoms with van der Waals surface area (Å²) in [4.78, 5) is 18.8. The highest BCUT2D eigenvalue weighted by Crippen LogP contribution is 2.31. The minimum atomic E-state index is -0.0000208. The molecule has 0 spiro atoms. The average Bonchev–Trinajstić information content (AvgIpc) is 2.94. The molecule has 1 aromatic rings. The lowest BCUT2D eigenvalue weighted by Crippen LogP contribution is -2.34. The Labute approximate surface area is 143 Å². The molecule has 0 aromatic carbocycles. The smallest absolute Gasteiger partial charge is 0.273 e. The molecule has 0 aliphatic carbocycles. The summed E-state index contributed by atoms with van der Waals surface area (Å²) < 4.78 is 0. The molecule has 0 radical (unpaired) electrons. The molecule has 1 aromatic heterocycles. The van der Waals surface area contributed by atoms with Crippen molar-refractivity contribution in [2.75, 3.05) is 19.6 Å². The number of carbonyl (C=O) groups is 1. The van der Waals surface area contributed by atoms with Crippen molar-refractivity contribution in [1.29, 1.82) is 0 Å². The zero-order chi connectivity index (χ0) is 14.3. The zero-order valence-electron chi connectivity index (χ0n) is 13.0. The molecule has 2 heterocycles. The fourth-order valence-electron chi connectivity index (χ4n) is 2.24. The molecule has 7 heteroatoms. The van der Waals surface area contributed by atoms with Crippen LogP contribution in [-0.4, -0.2) is 35.4 Å². The van der Waals surface area contributed by atoms with Crippen LogP contribution in [0.5, 0.6) is 0 Å². The molecule has 1 unspecified atom stereocenters. The van der Waals surface area contributed by atoms with Gasteiger partial charge in [-0.2, -0.15) is 0 Å². The predicted octanol–water partition coefficient (Wildman–Crippen LogP) is 3.10. The maximum Gasteiger partial charge on any atom is 0.273 e. The molecule has 1 fully saturated rings. The van der Waals surface area contributed by atoms with Gasteiger partial charge in [-0.25, -0.2) is 4.98 Å². The van der Waals surface area contributed by atoms with Crippen LogP contribution in [0.1, 0.15) is 49.6 Å². The van der Waals surface area contributed by atoms with Crippen molar-refractivity contribution in [2.24, 2.45) is 11.1 Å². The molecule has 1 atom stereocenters. The number of hydrogen-bond donors (Lipinski definition) is 1. The number of thiazole rings is 1. The maximum atomic E-state index is 12.4. The average molecular weight is 354 g/mol. The van der Waals surface area contributed by atoms with E-state index in [1.165, 1.54) is 0 Å². The van der Waals surface area contributed by atoms with E-state index in [0.717, 1.165) is 24.5 Å². The number of halogens is 2. The molecule has 2 rings (SSSR count). The van der Waals surface area contributed by atoms with E-state index in [9.17, 15) is 4.79 Å². The number of hydrogen-bond acceptors (Lipinski definition) is 4. The van der Waals surface area contributed by atoms with Crippen LogP contribution in [0.2, 0.25) is 0 Å². The molecular formula is C14H25Cl2N3OS. The standard InChI is InChI=1S/C14H23N3OS.2ClH/c1-13(2,3)12-16-10(7-19-12)11(18)17-6-5-14(4,8-15)9-17;;/h7H,5-6,8-9,15H2,1-4H3;2*1H. The van der Waals surface area contributed by atoms with E-state index >= 15 is 0 Å². The van der Waals surface area contributed by atoms with Gasteiger partial charge in [0.05, 0.1) is 5.01 Å². The third-order valence-corrected chi connectivity index (χ3v) is 4.97. The van der Waals surface area contributed by atoms with E-state index in [1.54, 1.807) is 11.3 Å². The van der Waals surface area contributed by atoms with Crippen molar-refractivity contribution < 1.29 is 4.79 Å². The van der Waals surface area contributed by atoms with Crippen LogP contribution in [0, 0.1) is 5.41 Å². The first-order valence-corrected chi connectivity index (χ1v) is 7.58. The van der Waals surface area contributed by atoms with Gasteiger partial charge < -0.3 is 10.6 Å². The molecule has 0 saturated carbocycles. The van der Waals surface area contributed by atoms with E-state index in [0.29, 0.717) is 12.2 Å². The van der Waals surface area contributed by atoms with Gasteiger partial charge in [0, 0.05) is 23.9 Å². The SMILES string of the molecule is CC1(CN)CCN(C(=O)c2csc(C(C)(C)C)n2)C1.Cl.Cl. The fourth-order valence-corrected chi connectivity index (χ4v) is 3.12. The summed E-state index contributed by atoms with van der Waals surface area (Å²) in [5.74, 6) is 0.0453. The highest BCUT2D eigenvalue weighted by atomic mass is 35.5. The lowest BCUT2D eigenvalue weighted by Gasteiger charge is -2.22. The number of likely N-dealkylation sites (tertiary alicyclic amines) is 1. The van der Waals surface area contributed by atoms with Crippen LogP contribution in [0.3, 0.4) is 0 Å². The van der Waals surface area contributed by atoms with E-state index < -0.39 is 0 Å². The van der Waals surface area contributed by atoms with Crippen LogP contribution in [0.4, 0.5) is 0 Å². The van der Waals surface area contributed by atoms with Crippen molar-refractivity contribution in [3.8, 4) is 0 Å². The Morgan fingerprint density at radius 3 is 2.52 bits per heavy atom. The molecule has 21 heavy (non-hydrogen) atoms. The Kier molecular flexibility index (Phi) is 7.14. The molecule has 1 amide bonds. The number of aromatic nitrogens is 1. The van der Waals surface area contributed by atoms with E-state index in [4.69, 9.17) is 5.73 Å². The molecule has 122 valence electrons. The van der Waals surface area contributed by atoms with Crippen LogP contribution < -0.4 is 5.73 Å². The summed E-state index contributed by atoms with van der Waals surface area (Å²) in [6, 6.07) is 0. The molecule has 4 nitrogen and oxygen atoms in total. The second kappa shape index (κ2) is 7.27. The van der Waals surface area contributed by atoms with Crippen molar-refractivity contribution in [1.82, 2.24) is 9.88 Å². The first-order valence-electron chi connectivity index (χ1n) is 6.70. The number of rotatable bonds is 2. The van der Waals surface area contributed by atoms with Gasteiger partial charge in [0.2, 0.25) is 0 Å². The topological polar surface area (TPSA) is 59.2 Å². The van der Waals surface area contributed by atoms with E-state index in [-0.39, 0.29) is 41.6 Å². The van der Waals surface area contributed by atoms with Crippen LogP contribution in [0.25, 0.3) is 0 Å².